The first-order chi connectivity index (χ1) is 9.50. The Hall–Kier alpha value is -2.09. The normalized spacial score (nSPS) is 13.2. The maximum Gasteiger partial charge on any atom is 0.371 e. The van der Waals surface area contributed by atoms with Crippen LogP contribution in [0, 0.1) is 17.4 Å². The molecule has 0 saturated heterocycles. The van der Waals surface area contributed by atoms with Gasteiger partial charge in [-0.05, 0) is 17.9 Å². The molecule has 0 spiro atoms. The van der Waals surface area contributed by atoms with E-state index in [1.807, 2.05) is 44.2 Å². The zero-order valence-corrected chi connectivity index (χ0v) is 11.7. The third-order valence-corrected chi connectivity index (χ3v) is 2.79. The smallest absolute Gasteiger partial charge is 0.371 e. The van der Waals surface area contributed by atoms with Crippen molar-refractivity contribution >= 4 is 5.97 Å². The molecule has 4 nitrogen and oxygen atoms in total. The van der Waals surface area contributed by atoms with Crippen molar-refractivity contribution in [2.75, 3.05) is 6.67 Å². The molecule has 1 rings (SSSR count). The summed E-state index contributed by atoms with van der Waals surface area (Å²) in [5.74, 6) is -1.26. The number of nitrogens with zero attached hydrogens (tertiary/aromatic N) is 1. The van der Waals surface area contributed by atoms with E-state index in [1.54, 1.807) is 0 Å². The summed E-state index contributed by atoms with van der Waals surface area (Å²) in [5, 5.41) is 12.7. The second kappa shape index (κ2) is 7.49. The minimum absolute atomic E-state index is 0.0127. The second-order valence-corrected chi connectivity index (χ2v) is 5.08. The fourth-order valence-corrected chi connectivity index (χ4v) is 1.82. The highest BCUT2D eigenvalue weighted by Crippen LogP contribution is 2.27. The number of aliphatic carboxylic acids is 1. The number of hydrogen-bond acceptors (Lipinski definition) is 2. The van der Waals surface area contributed by atoms with Crippen LogP contribution in [0.1, 0.15) is 25.8 Å². The topological polar surface area (TPSA) is 50.9 Å². The molecule has 1 atom stereocenters. The van der Waals surface area contributed by atoms with Gasteiger partial charge in [-0.2, -0.15) is 4.84 Å². The summed E-state index contributed by atoms with van der Waals surface area (Å²) in [5.41, 5.74) is -0.840. The Morgan fingerprint density at radius 2 is 2.10 bits per heavy atom. The summed E-state index contributed by atoms with van der Waals surface area (Å²) in [4.78, 5) is 16.2. The number of carbonyl (C=O) groups is 1. The Kier molecular flexibility index (Phi) is 5.98. The van der Waals surface area contributed by atoms with E-state index in [4.69, 9.17) is 4.84 Å². The van der Waals surface area contributed by atoms with Crippen LogP contribution in [0.25, 0.3) is 5.01 Å². The van der Waals surface area contributed by atoms with Crippen LogP contribution in [-0.2, 0) is 16.2 Å². The van der Waals surface area contributed by atoms with Crippen molar-refractivity contribution in [3.63, 3.8) is 0 Å². The fraction of sp³-hybridized carbons (Fsp3) is 0.467. The van der Waals surface area contributed by atoms with Crippen LogP contribution in [0.2, 0.25) is 0 Å². The summed E-state index contributed by atoms with van der Waals surface area (Å²) in [7, 11) is 0. The summed E-state index contributed by atoms with van der Waals surface area (Å²) in [6.07, 6.45) is 0.122. The maximum absolute atomic E-state index is 13.1. The van der Waals surface area contributed by atoms with Crippen LogP contribution in [0.15, 0.2) is 30.3 Å². The molecule has 108 valence electrons. The van der Waals surface area contributed by atoms with Crippen LogP contribution in [0.4, 0.5) is 4.39 Å². The first-order valence-corrected chi connectivity index (χ1v) is 6.42. The van der Waals surface area contributed by atoms with Gasteiger partial charge in [-0.1, -0.05) is 44.2 Å². The van der Waals surface area contributed by atoms with E-state index in [-0.39, 0.29) is 18.9 Å². The van der Waals surface area contributed by atoms with E-state index in [2.05, 4.69) is 11.1 Å². The van der Waals surface area contributed by atoms with Crippen LogP contribution in [0.3, 0.4) is 0 Å². The van der Waals surface area contributed by atoms with Crippen LogP contribution in [0.5, 0.6) is 0 Å². The molecule has 20 heavy (non-hydrogen) atoms. The molecule has 5 heteroatoms. The summed E-state index contributed by atoms with van der Waals surface area (Å²) in [6.45, 7) is 2.77. The van der Waals surface area contributed by atoms with Gasteiger partial charge in [-0.3, -0.25) is 4.79 Å². The van der Waals surface area contributed by atoms with Gasteiger partial charge in [0.05, 0.1) is 0 Å². The average molecular weight is 280 g/mol. The predicted octanol–water partition coefficient (Wildman–Crippen LogP) is 3.54. The number of carboxylic acid groups (broad SMARTS) is 1. The monoisotopic (exact) mass is 280 g/mol. The lowest BCUT2D eigenvalue weighted by Gasteiger charge is -2.16. The zero-order chi connectivity index (χ0) is 15.0. The average Bonchev–Trinajstić information content (AvgIpc) is 2.42. The lowest BCUT2D eigenvalue weighted by Crippen LogP contribution is -2.33. The SMILES string of the molecule is CC(C)C[C@@](C#[N+]OCc1ccccc1)(CF)C(=O)O. The van der Waals surface area contributed by atoms with E-state index >= 15 is 0 Å². The van der Waals surface area contributed by atoms with Gasteiger partial charge < -0.3 is 5.11 Å². The second-order valence-electron chi connectivity index (χ2n) is 5.08. The quantitative estimate of drug-likeness (QED) is 0.811. The van der Waals surface area contributed by atoms with Crippen molar-refractivity contribution in [3.8, 4) is 6.07 Å². The zero-order valence-electron chi connectivity index (χ0n) is 11.7. The highest BCUT2D eigenvalue weighted by molar-refractivity contribution is 5.78. The van der Waals surface area contributed by atoms with Gasteiger partial charge in [0.15, 0.2) is 0 Å². The first-order valence-electron chi connectivity index (χ1n) is 6.42. The van der Waals surface area contributed by atoms with E-state index in [0.717, 1.165) is 5.56 Å². The minimum atomic E-state index is -1.73. The van der Waals surface area contributed by atoms with Gasteiger partial charge in [0, 0.05) is 0 Å². The number of hydrogen-bond donors (Lipinski definition) is 1. The molecular formula is C15H19FNO3+. The molecule has 0 aliphatic rings. The highest BCUT2D eigenvalue weighted by Gasteiger charge is 2.45. The molecule has 0 heterocycles. The van der Waals surface area contributed by atoms with E-state index < -0.39 is 18.1 Å². The number of rotatable bonds is 6. The largest absolute Gasteiger partial charge is 0.480 e. The Balaban J connectivity index is 2.71. The van der Waals surface area contributed by atoms with Crippen molar-refractivity contribution in [3.05, 3.63) is 40.9 Å². The van der Waals surface area contributed by atoms with E-state index in [1.165, 1.54) is 0 Å². The lowest BCUT2D eigenvalue weighted by atomic mass is 9.83. The van der Waals surface area contributed by atoms with Crippen LogP contribution in [-0.4, -0.2) is 17.8 Å². The van der Waals surface area contributed by atoms with Gasteiger partial charge in [0.2, 0.25) is 17.0 Å². The van der Waals surface area contributed by atoms with Gasteiger partial charge in [0.25, 0.3) is 0 Å². The van der Waals surface area contributed by atoms with Crippen molar-refractivity contribution in [1.29, 1.82) is 0 Å². The molecule has 1 aromatic rings. The standard InChI is InChI=1S/C15H18FNO3/c1-12(2)8-15(10-16,14(18)19)11-17-20-9-13-6-4-3-5-7-13/h3-7,12H,8-10H2,1-2H3/p+1/t15-/m0/s1. The highest BCUT2D eigenvalue weighted by atomic mass is 19.1. The fourth-order valence-electron chi connectivity index (χ4n) is 1.82. The van der Waals surface area contributed by atoms with E-state index in [0.29, 0.717) is 0 Å². The maximum atomic E-state index is 13.1. The molecule has 0 bridgehead atoms. The number of carboxylic acids is 1. The van der Waals surface area contributed by atoms with Gasteiger partial charge in [-0.15, -0.1) is 0 Å². The summed E-state index contributed by atoms with van der Waals surface area (Å²) < 4.78 is 13.1. The molecule has 1 N–H and O–H groups in total. The molecule has 0 aromatic heterocycles. The first kappa shape index (κ1) is 16.0. The number of alkyl halides is 1. The van der Waals surface area contributed by atoms with Crippen molar-refractivity contribution in [1.82, 2.24) is 0 Å². The molecule has 0 saturated carbocycles. The molecular weight excluding hydrogens is 261 g/mol. The van der Waals surface area contributed by atoms with Crippen LogP contribution < -0.4 is 0 Å². The van der Waals surface area contributed by atoms with Crippen molar-refractivity contribution in [2.24, 2.45) is 11.3 Å². The summed E-state index contributed by atoms with van der Waals surface area (Å²) >= 11 is 0. The third kappa shape index (κ3) is 4.54. The van der Waals surface area contributed by atoms with Gasteiger partial charge in [0.1, 0.15) is 6.67 Å². The molecule has 1 aromatic carbocycles. The molecule has 0 fully saturated rings. The molecule has 0 radical (unpaired) electrons. The molecule has 0 amide bonds. The Morgan fingerprint density at radius 1 is 1.45 bits per heavy atom. The molecule has 0 unspecified atom stereocenters. The lowest BCUT2D eigenvalue weighted by molar-refractivity contribution is -0.147. The van der Waals surface area contributed by atoms with E-state index in [9.17, 15) is 14.3 Å². The Morgan fingerprint density at radius 3 is 2.60 bits per heavy atom. The number of halogens is 1. The Bertz CT molecular complexity index is 493. The minimum Gasteiger partial charge on any atom is -0.480 e. The van der Waals surface area contributed by atoms with Crippen molar-refractivity contribution in [2.45, 2.75) is 26.9 Å². The van der Waals surface area contributed by atoms with Gasteiger partial charge in [-0.25, -0.2) is 4.39 Å². The van der Waals surface area contributed by atoms with Crippen LogP contribution >= 0.6 is 0 Å². The Labute approximate surface area is 118 Å². The third-order valence-electron chi connectivity index (χ3n) is 2.79. The number of benzene rings is 1. The molecule has 0 aliphatic carbocycles. The van der Waals surface area contributed by atoms with Crippen molar-refractivity contribution < 1.29 is 19.1 Å². The summed E-state index contributed by atoms with van der Waals surface area (Å²) in [6, 6.07) is 11.6. The molecule has 0 aliphatic heterocycles. The van der Waals surface area contributed by atoms with Gasteiger partial charge >= 0.3 is 12.0 Å². The predicted molar refractivity (Wildman–Crippen MR) is 74.0 cm³/mol.